The van der Waals surface area contributed by atoms with Crippen LogP contribution in [0.4, 0.5) is 10.6 Å². The fourth-order valence-electron chi connectivity index (χ4n) is 2.03. The lowest BCUT2D eigenvalue weighted by Crippen LogP contribution is -2.47. The highest BCUT2D eigenvalue weighted by Crippen LogP contribution is 2.01. The molecule has 0 spiro atoms. The highest BCUT2D eigenvalue weighted by Gasteiger charge is 2.15. The lowest BCUT2D eigenvalue weighted by atomic mass is 10.3. The highest BCUT2D eigenvalue weighted by molar-refractivity contribution is 5.88. The van der Waals surface area contributed by atoms with Gasteiger partial charge in [-0.05, 0) is 19.1 Å². The first-order valence-corrected chi connectivity index (χ1v) is 6.52. The molecule has 1 aliphatic heterocycles. The predicted molar refractivity (Wildman–Crippen MR) is 73.1 cm³/mol. The number of hydrogen-bond acceptors (Lipinski definition) is 4. The van der Waals surface area contributed by atoms with E-state index in [9.17, 15) is 4.79 Å². The number of hydrogen-bond donors (Lipinski definition) is 2. The summed E-state index contributed by atoms with van der Waals surface area (Å²) in [5.41, 5.74) is 0. The molecule has 1 atom stereocenters. The molecule has 6 nitrogen and oxygen atoms in total. The van der Waals surface area contributed by atoms with E-state index in [2.05, 4.69) is 20.5 Å². The lowest BCUT2D eigenvalue weighted by Gasteiger charge is -2.29. The van der Waals surface area contributed by atoms with Crippen molar-refractivity contribution in [3.05, 3.63) is 24.4 Å². The minimum atomic E-state index is -0.223. The fourth-order valence-corrected chi connectivity index (χ4v) is 2.03. The fraction of sp³-hybridized carbons (Fsp3) is 0.538. The molecule has 1 aromatic rings. The Morgan fingerprint density at radius 2 is 2.26 bits per heavy atom. The van der Waals surface area contributed by atoms with Crippen LogP contribution in [-0.2, 0) is 4.74 Å². The zero-order valence-corrected chi connectivity index (χ0v) is 11.1. The Labute approximate surface area is 113 Å². The highest BCUT2D eigenvalue weighted by atomic mass is 16.5. The number of ether oxygens (including phenoxy) is 1. The van der Waals surface area contributed by atoms with Gasteiger partial charge in [-0.3, -0.25) is 10.2 Å². The lowest BCUT2D eigenvalue weighted by molar-refractivity contribution is 0.0350. The molecule has 1 fully saturated rings. The maximum Gasteiger partial charge on any atom is 0.320 e. The molecular weight excluding hydrogens is 244 g/mol. The van der Waals surface area contributed by atoms with Crippen LogP contribution in [0.5, 0.6) is 0 Å². The summed E-state index contributed by atoms with van der Waals surface area (Å²) in [7, 11) is 0. The zero-order chi connectivity index (χ0) is 13.5. The molecule has 2 amide bonds. The van der Waals surface area contributed by atoms with E-state index in [1.165, 1.54) is 0 Å². The molecule has 19 heavy (non-hydrogen) atoms. The number of nitrogens with one attached hydrogen (secondary N) is 2. The van der Waals surface area contributed by atoms with Crippen molar-refractivity contribution < 1.29 is 9.53 Å². The largest absolute Gasteiger partial charge is 0.379 e. The summed E-state index contributed by atoms with van der Waals surface area (Å²) in [4.78, 5) is 18.1. The van der Waals surface area contributed by atoms with Crippen molar-refractivity contribution in [2.45, 2.75) is 13.0 Å². The Balaban J connectivity index is 1.72. The summed E-state index contributed by atoms with van der Waals surface area (Å²) in [5, 5.41) is 5.61. The molecule has 104 valence electrons. The first-order chi connectivity index (χ1) is 9.24. The van der Waals surface area contributed by atoms with Gasteiger partial charge in [0.2, 0.25) is 0 Å². The van der Waals surface area contributed by atoms with Crippen molar-refractivity contribution >= 4 is 11.8 Å². The molecule has 2 rings (SSSR count). The van der Waals surface area contributed by atoms with Crippen molar-refractivity contribution in [1.29, 1.82) is 0 Å². The van der Waals surface area contributed by atoms with E-state index >= 15 is 0 Å². The molecule has 2 N–H and O–H groups in total. The molecule has 0 saturated carbocycles. The van der Waals surface area contributed by atoms with Crippen LogP contribution in [0.1, 0.15) is 6.92 Å². The van der Waals surface area contributed by atoms with Crippen LogP contribution >= 0.6 is 0 Å². The van der Waals surface area contributed by atoms with Crippen molar-refractivity contribution in [3.63, 3.8) is 0 Å². The maximum absolute atomic E-state index is 11.8. The van der Waals surface area contributed by atoms with Gasteiger partial charge in [-0.2, -0.15) is 0 Å². The standard InChI is InChI=1S/C13H20N4O2/c1-11(10-17-6-8-19-9-7-17)15-13(18)16-12-4-2-3-5-14-12/h2-5,11H,6-10H2,1H3,(H2,14,15,16,18)/t11-/m0/s1. The van der Waals surface area contributed by atoms with Gasteiger partial charge >= 0.3 is 6.03 Å². The van der Waals surface area contributed by atoms with E-state index in [0.29, 0.717) is 5.82 Å². The van der Waals surface area contributed by atoms with Crippen molar-refractivity contribution in [3.8, 4) is 0 Å². The summed E-state index contributed by atoms with van der Waals surface area (Å²) >= 11 is 0. The SMILES string of the molecule is C[C@@H](CN1CCOCC1)NC(=O)Nc1ccccn1. The number of nitrogens with zero attached hydrogens (tertiary/aromatic N) is 2. The third kappa shape index (κ3) is 4.84. The van der Waals surface area contributed by atoms with Crippen molar-refractivity contribution in [2.24, 2.45) is 0 Å². The van der Waals surface area contributed by atoms with E-state index in [0.717, 1.165) is 32.8 Å². The average Bonchev–Trinajstić information content (AvgIpc) is 2.40. The first-order valence-electron chi connectivity index (χ1n) is 6.52. The van der Waals surface area contributed by atoms with Gasteiger partial charge in [0.25, 0.3) is 0 Å². The van der Waals surface area contributed by atoms with E-state index in [4.69, 9.17) is 4.74 Å². The van der Waals surface area contributed by atoms with Crippen molar-refractivity contribution in [2.75, 3.05) is 38.2 Å². The van der Waals surface area contributed by atoms with Crippen LogP contribution in [0.25, 0.3) is 0 Å². The Morgan fingerprint density at radius 1 is 1.47 bits per heavy atom. The number of urea groups is 1. The summed E-state index contributed by atoms with van der Waals surface area (Å²) < 4.78 is 5.29. The van der Waals surface area contributed by atoms with E-state index in [-0.39, 0.29) is 12.1 Å². The monoisotopic (exact) mass is 264 g/mol. The van der Waals surface area contributed by atoms with Gasteiger partial charge in [-0.1, -0.05) is 6.07 Å². The minimum Gasteiger partial charge on any atom is -0.379 e. The molecule has 0 aromatic carbocycles. The van der Waals surface area contributed by atoms with Gasteiger partial charge in [-0.25, -0.2) is 9.78 Å². The Hall–Kier alpha value is -1.66. The number of rotatable bonds is 4. The number of anilines is 1. The summed E-state index contributed by atoms with van der Waals surface area (Å²) in [6.07, 6.45) is 1.65. The second-order valence-electron chi connectivity index (χ2n) is 4.63. The average molecular weight is 264 g/mol. The van der Waals surface area contributed by atoms with Gasteiger partial charge in [0.05, 0.1) is 13.2 Å². The molecule has 0 radical (unpaired) electrons. The normalized spacial score (nSPS) is 17.7. The number of carbonyl (C=O) groups excluding carboxylic acids is 1. The molecule has 6 heteroatoms. The van der Waals surface area contributed by atoms with Gasteiger partial charge in [0, 0.05) is 31.9 Å². The van der Waals surface area contributed by atoms with Crippen LogP contribution in [0.15, 0.2) is 24.4 Å². The Morgan fingerprint density at radius 3 is 2.95 bits per heavy atom. The molecule has 0 bridgehead atoms. The third-order valence-electron chi connectivity index (χ3n) is 2.92. The molecule has 2 heterocycles. The Bertz CT molecular complexity index is 393. The van der Waals surface area contributed by atoms with Gasteiger partial charge in [-0.15, -0.1) is 0 Å². The van der Waals surface area contributed by atoms with Gasteiger partial charge in [0.1, 0.15) is 5.82 Å². The zero-order valence-electron chi connectivity index (χ0n) is 11.1. The minimum absolute atomic E-state index is 0.0850. The molecule has 1 saturated heterocycles. The number of carbonyl (C=O) groups is 1. The molecule has 0 unspecified atom stereocenters. The van der Waals surface area contributed by atoms with Crippen LogP contribution in [0.3, 0.4) is 0 Å². The van der Waals surface area contributed by atoms with E-state index in [1.807, 2.05) is 19.1 Å². The summed E-state index contributed by atoms with van der Waals surface area (Å²) in [6, 6.07) is 5.26. The second-order valence-corrected chi connectivity index (χ2v) is 4.63. The van der Waals surface area contributed by atoms with Crippen molar-refractivity contribution in [1.82, 2.24) is 15.2 Å². The topological polar surface area (TPSA) is 66.5 Å². The van der Waals surface area contributed by atoms with Gasteiger partial charge in [0.15, 0.2) is 0 Å². The number of amides is 2. The second kappa shape index (κ2) is 7.06. The van der Waals surface area contributed by atoms with Crippen LogP contribution < -0.4 is 10.6 Å². The molecule has 0 aliphatic carbocycles. The smallest absolute Gasteiger partial charge is 0.320 e. The van der Waals surface area contributed by atoms with Crippen LogP contribution in [0.2, 0.25) is 0 Å². The predicted octanol–water partition coefficient (Wildman–Crippen LogP) is 0.924. The number of aromatic nitrogens is 1. The maximum atomic E-state index is 11.8. The Kier molecular flexibility index (Phi) is 5.11. The summed E-state index contributed by atoms with van der Waals surface area (Å²) in [5.74, 6) is 0.554. The van der Waals surface area contributed by atoms with Crippen LogP contribution in [0, 0.1) is 0 Å². The first kappa shape index (κ1) is 13.8. The number of morpholine rings is 1. The molecule has 1 aliphatic rings. The quantitative estimate of drug-likeness (QED) is 0.849. The van der Waals surface area contributed by atoms with Gasteiger partial charge < -0.3 is 10.1 Å². The molecule has 1 aromatic heterocycles. The summed E-state index contributed by atoms with van der Waals surface area (Å²) in [6.45, 7) is 6.22. The van der Waals surface area contributed by atoms with E-state index in [1.54, 1.807) is 12.3 Å². The van der Waals surface area contributed by atoms with Crippen LogP contribution in [-0.4, -0.2) is 54.8 Å². The third-order valence-corrected chi connectivity index (χ3v) is 2.92. The van der Waals surface area contributed by atoms with E-state index < -0.39 is 0 Å². The number of pyridine rings is 1. The molecular formula is C13H20N4O2.